The van der Waals surface area contributed by atoms with Gasteiger partial charge in [0.25, 0.3) is 0 Å². The molecule has 2 aromatic heterocycles. The van der Waals surface area contributed by atoms with Crippen LogP contribution in [-0.4, -0.2) is 86.4 Å². The Kier molecular flexibility index (Phi) is 12.5. The summed E-state index contributed by atoms with van der Waals surface area (Å²) < 4.78 is 27.1. The maximum atomic E-state index is 14.4. The summed E-state index contributed by atoms with van der Waals surface area (Å²) in [6, 6.07) is 3.12. The number of carbonyl (C=O) groups is 4. The van der Waals surface area contributed by atoms with Gasteiger partial charge in [-0.3, -0.25) is 14.4 Å². The van der Waals surface area contributed by atoms with Crippen molar-refractivity contribution in [2.75, 3.05) is 6.54 Å². The maximum Gasteiger partial charge on any atom is 0.410 e. The highest BCUT2D eigenvalue weighted by Crippen LogP contribution is 2.42. The molecule has 1 amide bonds. The Balaban J connectivity index is 1.41. The molecule has 0 radical (unpaired) electrons. The van der Waals surface area contributed by atoms with Crippen LogP contribution in [-0.2, 0) is 39.9 Å². The minimum atomic E-state index is -1.08. The number of ether oxygens (including phenoxy) is 4. The van der Waals surface area contributed by atoms with Gasteiger partial charge >= 0.3 is 12.1 Å². The smallest absolute Gasteiger partial charge is 0.410 e. The van der Waals surface area contributed by atoms with E-state index in [2.05, 4.69) is 23.8 Å². The van der Waals surface area contributed by atoms with E-state index in [1.807, 2.05) is 58.2 Å². The van der Waals surface area contributed by atoms with Crippen molar-refractivity contribution in [3.63, 3.8) is 0 Å². The van der Waals surface area contributed by atoms with Gasteiger partial charge < -0.3 is 28.4 Å². The first-order valence-corrected chi connectivity index (χ1v) is 19.4. The second kappa shape index (κ2) is 16.3. The number of rotatable bonds is 8. The predicted octanol–water partition coefficient (Wildman–Crippen LogP) is 6.63. The van der Waals surface area contributed by atoms with Crippen LogP contribution in [0.15, 0.2) is 24.7 Å². The van der Waals surface area contributed by atoms with Crippen molar-refractivity contribution in [3.05, 3.63) is 24.7 Å². The van der Waals surface area contributed by atoms with Crippen LogP contribution in [0.25, 0.3) is 11.2 Å². The highest BCUT2D eigenvalue weighted by Gasteiger charge is 2.53. The molecule has 288 valence electrons. The van der Waals surface area contributed by atoms with Gasteiger partial charge in [0, 0.05) is 43.0 Å². The Morgan fingerprint density at radius 1 is 0.923 bits per heavy atom. The fourth-order valence-corrected chi connectivity index (χ4v) is 8.88. The van der Waals surface area contributed by atoms with Gasteiger partial charge in [-0.1, -0.05) is 55.4 Å². The van der Waals surface area contributed by atoms with E-state index in [1.54, 1.807) is 31.3 Å². The molecule has 0 aromatic carbocycles. The van der Waals surface area contributed by atoms with Gasteiger partial charge in [0.2, 0.25) is 0 Å². The first-order chi connectivity index (χ1) is 24.5. The van der Waals surface area contributed by atoms with Crippen LogP contribution in [0.5, 0.6) is 0 Å². The summed E-state index contributed by atoms with van der Waals surface area (Å²) >= 11 is 0. The van der Waals surface area contributed by atoms with E-state index < -0.39 is 71.8 Å². The number of esters is 1. The van der Waals surface area contributed by atoms with Crippen LogP contribution in [0, 0.1) is 40.9 Å². The molecule has 52 heavy (non-hydrogen) atoms. The number of cyclic esters (lactones) is 1. The van der Waals surface area contributed by atoms with Crippen LogP contribution in [0.1, 0.15) is 101 Å². The summed E-state index contributed by atoms with van der Waals surface area (Å²) in [6.07, 6.45) is 3.17. The number of aromatic nitrogens is 3. The van der Waals surface area contributed by atoms with Crippen LogP contribution in [0.3, 0.4) is 0 Å². The molecule has 2 unspecified atom stereocenters. The molecule has 0 bridgehead atoms. The zero-order valence-electron chi connectivity index (χ0n) is 32.7. The number of Topliss-reactive ketones (excluding diaryl/α,β-unsaturated/α-hetero) is 2. The number of amides is 1. The normalized spacial score (nSPS) is 36.3. The number of fused-ring (bicyclic) bond motifs is 2. The van der Waals surface area contributed by atoms with E-state index in [4.69, 9.17) is 18.9 Å². The third kappa shape index (κ3) is 8.22. The molecule has 12 heteroatoms. The second-order valence-corrected chi connectivity index (χ2v) is 16.5. The van der Waals surface area contributed by atoms with Crippen molar-refractivity contribution >= 4 is 34.8 Å². The molecule has 0 spiro atoms. The minimum Gasteiger partial charge on any atom is -0.458 e. The number of hydrogen-bond acceptors (Lipinski definition) is 10. The molecule has 3 saturated heterocycles. The third-order valence-corrected chi connectivity index (χ3v) is 12.0. The Morgan fingerprint density at radius 2 is 1.63 bits per heavy atom. The topological polar surface area (TPSA) is 139 Å². The molecule has 5 heterocycles. The van der Waals surface area contributed by atoms with Crippen molar-refractivity contribution < 1.29 is 38.1 Å². The second-order valence-electron chi connectivity index (χ2n) is 16.5. The minimum absolute atomic E-state index is 0.0000752. The summed E-state index contributed by atoms with van der Waals surface area (Å²) in [5, 5.41) is 0. The predicted molar refractivity (Wildman–Crippen MR) is 195 cm³/mol. The van der Waals surface area contributed by atoms with Gasteiger partial charge in [-0.05, 0) is 69.4 Å². The van der Waals surface area contributed by atoms with Crippen LogP contribution < -0.4 is 0 Å². The van der Waals surface area contributed by atoms with E-state index in [0.717, 1.165) is 24.0 Å². The third-order valence-electron chi connectivity index (χ3n) is 12.0. The van der Waals surface area contributed by atoms with Crippen LogP contribution in [0.4, 0.5) is 4.79 Å². The molecule has 3 aliphatic heterocycles. The lowest BCUT2D eigenvalue weighted by Gasteiger charge is -2.45. The number of unbranched alkanes of at least 4 members (excludes halogenated alkanes) is 1. The first kappa shape index (κ1) is 39.8. The average molecular weight is 725 g/mol. The number of carbonyl (C=O) groups excluding carboxylic acids is 4. The molecule has 3 fully saturated rings. The number of pyridine rings is 1. The van der Waals surface area contributed by atoms with Gasteiger partial charge in [0.15, 0.2) is 23.8 Å². The summed E-state index contributed by atoms with van der Waals surface area (Å²) in [5.41, 5.74) is 0.962. The summed E-state index contributed by atoms with van der Waals surface area (Å²) in [4.78, 5) is 66.4. The number of aryl methyl sites for hydroxylation is 1. The fraction of sp³-hybridized carbons (Fsp3) is 0.750. The molecule has 12 nitrogen and oxygen atoms in total. The van der Waals surface area contributed by atoms with Crippen LogP contribution >= 0.6 is 0 Å². The van der Waals surface area contributed by atoms with Gasteiger partial charge in [-0.2, -0.15) is 0 Å². The number of nitrogens with zero attached hydrogens (tertiary/aromatic N) is 4. The largest absolute Gasteiger partial charge is 0.458 e. The Hall–Kier alpha value is -3.38. The molecule has 12 atom stereocenters. The molecular formula is C40H60N4O8. The van der Waals surface area contributed by atoms with Crippen molar-refractivity contribution in [1.82, 2.24) is 19.4 Å². The number of hydrogen-bond donors (Lipinski definition) is 0. The molecule has 0 aliphatic carbocycles. The lowest BCUT2D eigenvalue weighted by atomic mass is 9.70. The van der Waals surface area contributed by atoms with Gasteiger partial charge in [0.1, 0.15) is 23.3 Å². The Bertz CT molecular complexity index is 1590. The summed E-state index contributed by atoms with van der Waals surface area (Å²) in [7, 11) is 0. The zero-order chi connectivity index (χ0) is 38.1. The Morgan fingerprint density at radius 3 is 2.35 bits per heavy atom. The fourth-order valence-electron chi connectivity index (χ4n) is 8.88. The standard InChI is InChI=1S/C40H60N4O8/c1-11-30-34-31(44(39(48)51-34)18-13-12-17-43-21-42-29-15-14-16-41-36(29)43)26(6)32(45)23(3)20-40(9,10)35(27(7)33(46)28(8)37(47)50-30)52-38-25(5)22(2)19-24(4)49-38/h14-16,21-28,30-31,34-35,38H,11-13,17-20H2,1-10H3/t22-,23+,24+,25+,26+,27-,28+,30+,31+,34?,35+,38?/m0/s1. The van der Waals surface area contributed by atoms with Crippen molar-refractivity contribution in [3.8, 4) is 0 Å². The van der Waals surface area contributed by atoms with Gasteiger partial charge in [-0.25, -0.2) is 14.8 Å². The highest BCUT2D eigenvalue weighted by atomic mass is 16.7. The monoisotopic (exact) mass is 724 g/mol. The van der Waals surface area contributed by atoms with Crippen molar-refractivity contribution in [2.45, 2.75) is 145 Å². The molecule has 5 rings (SSSR count). The number of imidazole rings is 1. The molecule has 0 N–H and O–H groups in total. The molecule has 3 aliphatic rings. The number of ketones is 2. The van der Waals surface area contributed by atoms with Crippen molar-refractivity contribution in [2.24, 2.45) is 40.9 Å². The van der Waals surface area contributed by atoms with E-state index in [0.29, 0.717) is 38.3 Å². The maximum absolute atomic E-state index is 14.4. The summed E-state index contributed by atoms with van der Waals surface area (Å²) in [6.45, 7) is 20.4. The van der Waals surface area contributed by atoms with E-state index in [1.165, 1.54) is 0 Å². The quantitative estimate of drug-likeness (QED) is 0.166. The van der Waals surface area contributed by atoms with Gasteiger partial charge in [-0.15, -0.1) is 0 Å². The molecule has 0 saturated carbocycles. The molecule has 2 aromatic rings. The first-order valence-electron chi connectivity index (χ1n) is 19.4. The SMILES string of the molecule is CC[C@H]1OC(=O)[C@H](C)C(=O)[C@H](C)[C@@H](OC2O[C@H](C)C[C@H](C)[C@H]2C)C(C)(C)C[C@@H](C)C(=O)[C@H](C)[C@@H]2C1OC(=O)N2CCCCn1cnc2cccnc21. The van der Waals surface area contributed by atoms with E-state index >= 15 is 0 Å². The average Bonchev–Trinajstić information content (AvgIpc) is 3.67. The molecular weight excluding hydrogens is 664 g/mol. The summed E-state index contributed by atoms with van der Waals surface area (Å²) in [5.74, 6) is -3.34. The van der Waals surface area contributed by atoms with Gasteiger partial charge in [0.05, 0.1) is 24.6 Å². The lowest BCUT2D eigenvalue weighted by molar-refractivity contribution is -0.267. The zero-order valence-corrected chi connectivity index (χ0v) is 32.7. The Labute approximate surface area is 308 Å². The highest BCUT2D eigenvalue weighted by molar-refractivity contribution is 6.00. The van der Waals surface area contributed by atoms with E-state index in [9.17, 15) is 19.2 Å². The lowest BCUT2D eigenvalue weighted by Crippen LogP contribution is -2.52. The van der Waals surface area contributed by atoms with Crippen LogP contribution in [0.2, 0.25) is 0 Å². The van der Waals surface area contributed by atoms with Crippen molar-refractivity contribution in [1.29, 1.82) is 0 Å². The van der Waals surface area contributed by atoms with E-state index in [-0.39, 0.29) is 23.6 Å².